The molecule has 1 aliphatic heterocycles. The number of nitrogens with one attached hydrogen (secondary N) is 1. The molecule has 7 nitrogen and oxygen atoms in total. The largest absolute Gasteiger partial charge is 0.493 e. The Kier molecular flexibility index (Phi) is 8.45. The Balaban J connectivity index is 1.31. The number of carbonyl (C=O) groups is 2. The van der Waals surface area contributed by atoms with Crippen LogP contribution < -0.4 is 14.8 Å². The van der Waals surface area contributed by atoms with Crippen molar-refractivity contribution < 1.29 is 23.5 Å². The molecule has 1 saturated heterocycles. The fourth-order valence-electron chi connectivity index (χ4n) is 4.23. The molecular formula is C31H38N2O5S. The molecule has 8 heteroatoms. The van der Waals surface area contributed by atoms with Crippen molar-refractivity contribution in [1.29, 1.82) is 0 Å². The van der Waals surface area contributed by atoms with Crippen molar-refractivity contribution in [3.8, 4) is 11.5 Å². The minimum atomic E-state index is -0.467. The van der Waals surface area contributed by atoms with Crippen LogP contribution in [-0.4, -0.2) is 28.0 Å². The monoisotopic (exact) mass is 550 g/mol. The van der Waals surface area contributed by atoms with E-state index in [4.69, 9.17) is 13.9 Å². The van der Waals surface area contributed by atoms with Crippen molar-refractivity contribution in [2.24, 2.45) is 0 Å². The number of thioether (sulfide) groups is 1. The zero-order valence-corrected chi connectivity index (χ0v) is 24.7. The predicted octanol–water partition coefficient (Wildman–Crippen LogP) is 6.67. The van der Waals surface area contributed by atoms with Gasteiger partial charge in [-0.05, 0) is 58.7 Å². The first-order chi connectivity index (χ1) is 18.3. The first-order valence-corrected chi connectivity index (χ1v) is 14.1. The Morgan fingerprint density at radius 2 is 1.56 bits per heavy atom. The Labute approximate surface area is 235 Å². The molecule has 1 atom stereocenters. The van der Waals surface area contributed by atoms with E-state index in [0.29, 0.717) is 25.3 Å². The van der Waals surface area contributed by atoms with Gasteiger partial charge < -0.3 is 19.2 Å². The van der Waals surface area contributed by atoms with Crippen LogP contribution in [0.5, 0.6) is 11.5 Å². The van der Waals surface area contributed by atoms with Gasteiger partial charge in [0, 0.05) is 24.6 Å². The van der Waals surface area contributed by atoms with Crippen LogP contribution in [0.1, 0.15) is 75.6 Å². The number of amides is 1. The van der Waals surface area contributed by atoms with E-state index in [0.717, 1.165) is 40.3 Å². The van der Waals surface area contributed by atoms with E-state index in [1.807, 2.05) is 31.2 Å². The molecule has 2 aromatic carbocycles. The van der Waals surface area contributed by atoms with Gasteiger partial charge in [0.05, 0.1) is 12.3 Å². The SMILES string of the molecule is Cc1oc(COc2cc(C(C)(C)C)cc(C(C)(C)C)c2)nc1CCOc1ccc(CC2NC(=O)SC2=O)cc1. The van der Waals surface area contributed by atoms with Crippen LogP contribution >= 0.6 is 11.8 Å². The van der Waals surface area contributed by atoms with E-state index >= 15 is 0 Å². The molecule has 0 radical (unpaired) electrons. The highest BCUT2D eigenvalue weighted by molar-refractivity contribution is 8.26. The number of rotatable bonds is 9. The fraction of sp³-hybridized carbons (Fsp3) is 0.452. The van der Waals surface area contributed by atoms with E-state index in [9.17, 15) is 9.59 Å². The van der Waals surface area contributed by atoms with E-state index in [1.165, 1.54) is 11.1 Å². The topological polar surface area (TPSA) is 90.7 Å². The Morgan fingerprint density at radius 3 is 2.13 bits per heavy atom. The number of nitrogens with zero attached hydrogens (tertiary/aromatic N) is 1. The number of hydrogen-bond acceptors (Lipinski definition) is 7. The molecule has 1 aliphatic rings. The lowest BCUT2D eigenvalue weighted by Crippen LogP contribution is -2.30. The summed E-state index contributed by atoms with van der Waals surface area (Å²) in [5, 5.41) is 2.26. The summed E-state index contributed by atoms with van der Waals surface area (Å²) in [7, 11) is 0. The van der Waals surface area contributed by atoms with Crippen molar-refractivity contribution in [3.05, 3.63) is 76.5 Å². The maximum absolute atomic E-state index is 11.8. The van der Waals surface area contributed by atoms with Crippen LogP contribution in [0.15, 0.2) is 46.9 Å². The van der Waals surface area contributed by atoms with Crippen LogP contribution in [0.2, 0.25) is 0 Å². The van der Waals surface area contributed by atoms with Gasteiger partial charge in [-0.2, -0.15) is 0 Å². The minimum Gasteiger partial charge on any atom is -0.493 e. The minimum absolute atomic E-state index is 0.0121. The molecular weight excluding hydrogens is 512 g/mol. The third-order valence-corrected chi connectivity index (χ3v) is 7.47. The van der Waals surface area contributed by atoms with Gasteiger partial charge in [0.1, 0.15) is 23.3 Å². The zero-order valence-electron chi connectivity index (χ0n) is 23.8. The number of aryl methyl sites for hydroxylation is 1. The molecule has 0 aliphatic carbocycles. The molecule has 208 valence electrons. The summed E-state index contributed by atoms with van der Waals surface area (Å²) in [6.45, 7) is 15.8. The van der Waals surface area contributed by atoms with Gasteiger partial charge in [0.25, 0.3) is 5.24 Å². The summed E-state index contributed by atoms with van der Waals surface area (Å²) >= 11 is 0.732. The van der Waals surface area contributed by atoms with E-state index < -0.39 is 6.04 Å². The lowest BCUT2D eigenvalue weighted by molar-refractivity contribution is -0.112. The van der Waals surface area contributed by atoms with Crippen molar-refractivity contribution >= 4 is 22.1 Å². The normalized spacial score (nSPS) is 15.9. The molecule has 1 unspecified atom stereocenters. The average Bonchev–Trinajstić information content (AvgIpc) is 3.37. The van der Waals surface area contributed by atoms with Crippen LogP contribution in [0.4, 0.5) is 4.79 Å². The lowest BCUT2D eigenvalue weighted by Gasteiger charge is -2.26. The van der Waals surface area contributed by atoms with Gasteiger partial charge >= 0.3 is 0 Å². The number of aromatic nitrogens is 1. The number of hydrogen-bond donors (Lipinski definition) is 1. The van der Waals surface area contributed by atoms with Gasteiger partial charge in [-0.25, -0.2) is 4.98 Å². The highest BCUT2D eigenvalue weighted by Gasteiger charge is 2.31. The molecule has 4 rings (SSSR count). The van der Waals surface area contributed by atoms with Crippen molar-refractivity contribution in [2.45, 2.75) is 84.8 Å². The third-order valence-electron chi connectivity index (χ3n) is 6.68. The van der Waals surface area contributed by atoms with Crippen LogP contribution in [0.3, 0.4) is 0 Å². The van der Waals surface area contributed by atoms with Gasteiger partial charge in [-0.3, -0.25) is 9.59 Å². The molecule has 1 amide bonds. The molecule has 0 bridgehead atoms. The summed E-state index contributed by atoms with van der Waals surface area (Å²) in [5.41, 5.74) is 4.30. The van der Waals surface area contributed by atoms with Crippen LogP contribution in [-0.2, 0) is 35.1 Å². The number of carbonyl (C=O) groups excluding carboxylic acids is 2. The Morgan fingerprint density at radius 1 is 0.923 bits per heavy atom. The molecule has 0 saturated carbocycles. The second kappa shape index (κ2) is 11.5. The predicted molar refractivity (Wildman–Crippen MR) is 154 cm³/mol. The summed E-state index contributed by atoms with van der Waals surface area (Å²) < 4.78 is 17.9. The maximum Gasteiger partial charge on any atom is 0.287 e. The first-order valence-electron chi connectivity index (χ1n) is 13.3. The number of benzene rings is 2. The van der Waals surface area contributed by atoms with E-state index in [2.05, 4.69) is 70.0 Å². The molecule has 0 spiro atoms. The molecule has 1 aromatic heterocycles. The molecule has 39 heavy (non-hydrogen) atoms. The average molecular weight is 551 g/mol. The molecule has 1 N–H and O–H groups in total. The fourth-order valence-corrected chi connectivity index (χ4v) is 4.89. The standard InChI is InChI=1S/C31H38N2O5S/c1-19-25(12-13-36-23-10-8-20(9-11-23)14-26-28(34)39-29(35)33-26)32-27(38-19)18-37-24-16-21(30(2,3)4)15-22(17-24)31(5,6)7/h8-11,15-17,26H,12-14,18H2,1-7H3,(H,33,35). The summed E-state index contributed by atoms with van der Waals surface area (Å²) in [5.74, 6) is 2.84. The third kappa shape index (κ3) is 7.66. The second-order valence-electron chi connectivity index (χ2n) is 12.0. The zero-order chi connectivity index (χ0) is 28.4. The summed E-state index contributed by atoms with van der Waals surface area (Å²) in [6.07, 6.45) is 1.07. The second-order valence-corrected chi connectivity index (χ2v) is 13.0. The van der Waals surface area contributed by atoms with Gasteiger partial charge in [0.15, 0.2) is 6.61 Å². The highest BCUT2D eigenvalue weighted by Crippen LogP contribution is 2.33. The van der Waals surface area contributed by atoms with Crippen LogP contribution in [0, 0.1) is 6.92 Å². The van der Waals surface area contributed by atoms with Gasteiger partial charge in [0.2, 0.25) is 11.0 Å². The number of oxazole rings is 1. The smallest absolute Gasteiger partial charge is 0.287 e. The first kappa shape index (κ1) is 28.7. The number of ether oxygens (including phenoxy) is 2. The molecule has 2 heterocycles. The lowest BCUT2D eigenvalue weighted by atomic mass is 9.80. The molecule has 3 aromatic rings. The van der Waals surface area contributed by atoms with Crippen molar-refractivity contribution in [3.63, 3.8) is 0 Å². The van der Waals surface area contributed by atoms with Crippen molar-refractivity contribution in [1.82, 2.24) is 10.3 Å². The van der Waals surface area contributed by atoms with Gasteiger partial charge in [-0.15, -0.1) is 0 Å². The summed E-state index contributed by atoms with van der Waals surface area (Å²) in [6, 6.07) is 13.6. The highest BCUT2D eigenvalue weighted by atomic mass is 32.2. The molecule has 1 fully saturated rings. The Hall–Kier alpha value is -3.26. The van der Waals surface area contributed by atoms with E-state index in [1.54, 1.807) is 0 Å². The Bertz CT molecular complexity index is 1300. The maximum atomic E-state index is 11.8. The quantitative estimate of drug-likeness (QED) is 0.318. The van der Waals surface area contributed by atoms with E-state index in [-0.39, 0.29) is 27.8 Å². The van der Waals surface area contributed by atoms with Gasteiger partial charge in [-0.1, -0.05) is 59.7 Å². The van der Waals surface area contributed by atoms with Crippen molar-refractivity contribution in [2.75, 3.05) is 6.61 Å². The van der Waals surface area contributed by atoms with Crippen LogP contribution in [0.25, 0.3) is 0 Å². The summed E-state index contributed by atoms with van der Waals surface area (Å²) in [4.78, 5) is 27.8.